The number of likely N-dealkylation sites (tertiary alicyclic amines) is 1. The number of nitrogens with zero attached hydrogens (tertiary/aromatic N) is 4. The quantitative estimate of drug-likeness (QED) is 0.870. The van der Waals surface area contributed by atoms with Crippen molar-refractivity contribution in [2.45, 2.75) is 32.4 Å². The molecule has 1 aliphatic heterocycles. The summed E-state index contributed by atoms with van der Waals surface area (Å²) in [5.41, 5.74) is 1.000. The Balaban J connectivity index is 1.77. The Morgan fingerprint density at radius 2 is 2.21 bits per heavy atom. The lowest BCUT2D eigenvalue weighted by Crippen LogP contribution is -2.42. The SMILES string of the molecule is CCN1CCCC1CN(Cc1ccc(O)cc1)C(=O)c1cnns1. The maximum atomic E-state index is 12.8. The van der Waals surface area contributed by atoms with Crippen LogP contribution in [0.1, 0.15) is 35.0 Å². The predicted octanol–water partition coefficient (Wildman–Crippen LogP) is 2.37. The zero-order chi connectivity index (χ0) is 16.9. The lowest BCUT2D eigenvalue weighted by Gasteiger charge is -2.30. The first-order valence-corrected chi connectivity index (χ1v) is 9.03. The molecule has 7 heteroatoms. The average Bonchev–Trinajstić information content (AvgIpc) is 3.27. The molecular weight excluding hydrogens is 324 g/mol. The summed E-state index contributed by atoms with van der Waals surface area (Å²) < 4.78 is 3.81. The van der Waals surface area contributed by atoms with Crippen LogP contribution in [0, 0.1) is 0 Å². The predicted molar refractivity (Wildman–Crippen MR) is 93.0 cm³/mol. The molecule has 2 heterocycles. The van der Waals surface area contributed by atoms with Crippen molar-refractivity contribution in [1.29, 1.82) is 0 Å². The van der Waals surface area contributed by atoms with E-state index in [4.69, 9.17) is 0 Å². The highest BCUT2D eigenvalue weighted by molar-refractivity contribution is 7.07. The van der Waals surface area contributed by atoms with Crippen molar-refractivity contribution < 1.29 is 9.90 Å². The summed E-state index contributed by atoms with van der Waals surface area (Å²) in [6.07, 6.45) is 3.83. The Labute approximate surface area is 145 Å². The number of rotatable bonds is 6. The van der Waals surface area contributed by atoms with Gasteiger partial charge in [0.05, 0.1) is 6.20 Å². The van der Waals surface area contributed by atoms with Crippen molar-refractivity contribution >= 4 is 17.4 Å². The number of likely N-dealkylation sites (N-methyl/N-ethyl adjacent to an activating group) is 1. The number of benzene rings is 1. The molecule has 1 saturated heterocycles. The zero-order valence-electron chi connectivity index (χ0n) is 13.8. The van der Waals surface area contributed by atoms with Gasteiger partial charge in [0.25, 0.3) is 5.91 Å². The molecule has 0 radical (unpaired) electrons. The van der Waals surface area contributed by atoms with Gasteiger partial charge in [-0.1, -0.05) is 23.5 Å². The minimum absolute atomic E-state index is 0.0268. The van der Waals surface area contributed by atoms with Crippen LogP contribution in [0.4, 0.5) is 0 Å². The number of carbonyl (C=O) groups is 1. The molecule has 6 nitrogen and oxygen atoms in total. The van der Waals surface area contributed by atoms with Gasteiger partial charge < -0.3 is 10.0 Å². The summed E-state index contributed by atoms with van der Waals surface area (Å²) >= 11 is 1.13. The third kappa shape index (κ3) is 3.91. The first kappa shape index (κ1) is 16.9. The number of aromatic hydroxyl groups is 1. The molecule has 1 unspecified atom stereocenters. The molecular formula is C17H22N4O2S. The third-order valence-electron chi connectivity index (χ3n) is 4.51. The fourth-order valence-corrected chi connectivity index (χ4v) is 3.71. The van der Waals surface area contributed by atoms with Gasteiger partial charge in [-0.05, 0) is 55.2 Å². The van der Waals surface area contributed by atoms with Crippen LogP contribution in [-0.2, 0) is 6.54 Å². The van der Waals surface area contributed by atoms with Crippen molar-refractivity contribution in [2.24, 2.45) is 0 Å². The standard InChI is InChI=1S/C17H22N4O2S/c1-2-20-9-3-4-14(20)12-21(17(23)16-10-18-19-24-16)11-13-5-7-15(22)8-6-13/h5-8,10,14,22H,2-4,9,11-12H2,1H3. The highest BCUT2D eigenvalue weighted by Gasteiger charge is 2.28. The topological polar surface area (TPSA) is 69.6 Å². The average molecular weight is 346 g/mol. The van der Waals surface area contributed by atoms with E-state index in [1.165, 1.54) is 12.6 Å². The second-order valence-electron chi connectivity index (χ2n) is 6.06. The van der Waals surface area contributed by atoms with Gasteiger partial charge in [0.1, 0.15) is 10.6 Å². The van der Waals surface area contributed by atoms with Crippen LogP contribution in [0.25, 0.3) is 0 Å². The van der Waals surface area contributed by atoms with E-state index in [9.17, 15) is 9.90 Å². The van der Waals surface area contributed by atoms with Crippen LogP contribution in [0.2, 0.25) is 0 Å². The van der Waals surface area contributed by atoms with Gasteiger partial charge in [-0.25, -0.2) is 0 Å². The number of phenols is 1. The van der Waals surface area contributed by atoms with Crippen LogP contribution in [-0.4, -0.2) is 56.1 Å². The second kappa shape index (κ2) is 7.72. The molecule has 3 rings (SSSR count). The van der Waals surface area contributed by atoms with E-state index in [-0.39, 0.29) is 11.7 Å². The Morgan fingerprint density at radius 3 is 2.88 bits per heavy atom. The van der Waals surface area contributed by atoms with Gasteiger partial charge in [0, 0.05) is 19.1 Å². The number of hydrogen-bond acceptors (Lipinski definition) is 6. The van der Waals surface area contributed by atoms with E-state index in [0.717, 1.165) is 36.6 Å². The van der Waals surface area contributed by atoms with Crippen LogP contribution >= 0.6 is 11.5 Å². The number of amides is 1. The lowest BCUT2D eigenvalue weighted by molar-refractivity contribution is 0.0697. The Hall–Kier alpha value is -1.99. The van der Waals surface area contributed by atoms with E-state index in [1.54, 1.807) is 12.1 Å². The molecule has 1 N–H and O–H groups in total. The smallest absolute Gasteiger partial charge is 0.267 e. The van der Waals surface area contributed by atoms with Crippen molar-refractivity contribution in [1.82, 2.24) is 19.4 Å². The molecule has 1 fully saturated rings. The van der Waals surface area contributed by atoms with Crippen molar-refractivity contribution in [3.8, 4) is 5.75 Å². The van der Waals surface area contributed by atoms with Crippen LogP contribution in [0.15, 0.2) is 30.5 Å². The summed E-state index contributed by atoms with van der Waals surface area (Å²) in [7, 11) is 0. The van der Waals surface area contributed by atoms with Gasteiger partial charge in [-0.2, -0.15) is 0 Å². The Bertz CT molecular complexity index is 660. The summed E-state index contributed by atoms with van der Waals surface area (Å²) in [5.74, 6) is 0.206. The highest BCUT2D eigenvalue weighted by atomic mass is 32.1. The first-order valence-electron chi connectivity index (χ1n) is 8.26. The highest BCUT2D eigenvalue weighted by Crippen LogP contribution is 2.21. The summed E-state index contributed by atoms with van der Waals surface area (Å²) in [4.78, 5) is 17.7. The van der Waals surface area contributed by atoms with E-state index in [1.807, 2.05) is 17.0 Å². The maximum Gasteiger partial charge on any atom is 0.267 e. The van der Waals surface area contributed by atoms with Crippen LogP contribution in [0.5, 0.6) is 5.75 Å². The Morgan fingerprint density at radius 1 is 1.42 bits per heavy atom. The van der Waals surface area contributed by atoms with Gasteiger partial charge in [-0.3, -0.25) is 9.69 Å². The fraction of sp³-hybridized carbons (Fsp3) is 0.471. The van der Waals surface area contributed by atoms with Gasteiger partial charge in [0.2, 0.25) is 0 Å². The molecule has 1 aromatic carbocycles. The van der Waals surface area contributed by atoms with E-state index < -0.39 is 0 Å². The van der Waals surface area contributed by atoms with Crippen molar-refractivity contribution in [2.75, 3.05) is 19.6 Å². The Kier molecular flexibility index (Phi) is 5.42. The molecule has 0 aliphatic carbocycles. The zero-order valence-corrected chi connectivity index (χ0v) is 14.6. The maximum absolute atomic E-state index is 12.8. The summed E-state index contributed by atoms with van der Waals surface area (Å²) in [6.45, 7) is 5.49. The molecule has 0 bridgehead atoms. The fourth-order valence-electron chi connectivity index (χ4n) is 3.23. The van der Waals surface area contributed by atoms with Gasteiger partial charge in [0.15, 0.2) is 0 Å². The molecule has 0 spiro atoms. The molecule has 0 saturated carbocycles. The molecule has 1 amide bonds. The van der Waals surface area contributed by atoms with Gasteiger partial charge >= 0.3 is 0 Å². The minimum atomic E-state index is -0.0268. The monoisotopic (exact) mass is 346 g/mol. The molecule has 1 aliphatic rings. The normalized spacial score (nSPS) is 18.0. The number of aromatic nitrogens is 2. The molecule has 128 valence electrons. The van der Waals surface area contributed by atoms with E-state index >= 15 is 0 Å². The number of carbonyl (C=O) groups excluding carboxylic acids is 1. The van der Waals surface area contributed by atoms with Crippen LogP contribution in [0.3, 0.4) is 0 Å². The number of phenolic OH excluding ortho intramolecular Hbond substituents is 1. The second-order valence-corrected chi connectivity index (χ2v) is 6.84. The largest absolute Gasteiger partial charge is 0.508 e. The molecule has 1 aromatic heterocycles. The van der Waals surface area contributed by atoms with E-state index in [0.29, 0.717) is 24.0 Å². The first-order chi connectivity index (χ1) is 11.7. The van der Waals surface area contributed by atoms with Crippen molar-refractivity contribution in [3.63, 3.8) is 0 Å². The third-order valence-corrected chi connectivity index (χ3v) is 5.16. The van der Waals surface area contributed by atoms with Crippen molar-refractivity contribution in [3.05, 3.63) is 40.9 Å². The molecule has 24 heavy (non-hydrogen) atoms. The summed E-state index contributed by atoms with van der Waals surface area (Å²) in [5, 5.41) is 13.2. The summed E-state index contributed by atoms with van der Waals surface area (Å²) in [6, 6.07) is 7.41. The minimum Gasteiger partial charge on any atom is -0.508 e. The molecule has 1 atom stereocenters. The lowest BCUT2D eigenvalue weighted by atomic mass is 10.1. The van der Waals surface area contributed by atoms with Gasteiger partial charge in [-0.15, -0.1) is 5.10 Å². The van der Waals surface area contributed by atoms with E-state index in [2.05, 4.69) is 21.4 Å². The number of hydrogen-bond donors (Lipinski definition) is 1. The van der Waals surface area contributed by atoms with Crippen LogP contribution < -0.4 is 0 Å². The molecule has 2 aromatic rings.